The van der Waals surface area contributed by atoms with Crippen molar-refractivity contribution >= 4 is 23.2 Å². The van der Waals surface area contributed by atoms with Gasteiger partial charge in [0.2, 0.25) is 0 Å². The fourth-order valence-corrected chi connectivity index (χ4v) is 1.60. The van der Waals surface area contributed by atoms with Gasteiger partial charge in [-0.25, -0.2) is 0 Å². The zero-order valence-electron chi connectivity index (χ0n) is 11.0. The van der Waals surface area contributed by atoms with Crippen LogP contribution >= 0.6 is 0 Å². The second kappa shape index (κ2) is 6.55. The van der Waals surface area contributed by atoms with E-state index in [-0.39, 0.29) is 17.9 Å². The summed E-state index contributed by atoms with van der Waals surface area (Å²) in [5.74, 6) is -3.81. The van der Waals surface area contributed by atoms with Crippen LogP contribution in [-0.4, -0.2) is 29.1 Å². The van der Waals surface area contributed by atoms with Gasteiger partial charge in [-0.3, -0.25) is 24.5 Å². The van der Waals surface area contributed by atoms with E-state index in [2.05, 4.69) is 4.74 Å². The van der Waals surface area contributed by atoms with Crippen LogP contribution in [0, 0.1) is 16.0 Å². The minimum Gasteiger partial charge on any atom is -0.465 e. The third-order valence-electron chi connectivity index (χ3n) is 2.55. The number of esters is 1. The van der Waals surface area contributed by atoms with Crippen molar-refractivity contribution in [2.24, 2.45) is 5.92 Å². The number of benzene rings is 1. The number of nitro groups is 1. The number of hydrogen-bond acceptors (Lipinski definition) is 6. The van der Waals surface area contributed by atoms with E-state index in [9.17, 15) is 24.5 Å². The standard InChI is InChI=1S/C13H13NO6/c1-3-20-13(17)11(8(2)15)12(16)9-4-6-10(7-5-9)14(18)19/h4-7,11H,3H2,1-2H3. The summed E-state index contributed by atoms with van der Waals surface area (Å²) in [6.07, 6.45) is 0. The van der Waals surface area contributed by atoms with Crippen LogP contribution in [0.25, 0.3) is 0 Å². The minimum absolute atomic E-state index is 0.0452. The topological polar surface area (TPSA) is 104 Å². The molecule has 0 saturated heterocycles. The van der Waals surface area contributed by atoms with Crippen LogP contribution in [0.4, 0.5) is 5.69 Å². The molecule has 0 N–H and O–H groups in total. The fraction of sp³-hybridized carbons (Fsp3) is 0.308. The molecule has 0 aromatic heterocycles. The van der Waals surface area contributed by atoms with Gasteiger partial charge in [0, 0.05) is 17.7 Å². The van der Waals surface area contributed by atoms with Crippen LogP contribution < -0.4 is 0 Å². The van der Waals surface area contributed by atoms with Crippen LogP contribution in [-0.2, 0) is 14.3 Å². The molecule has 7 nitrogen and oxygen atoms in total. The van der Waals surface area contributed by atoms with E-state index < -0.39 is 28.4 Å². The first-order valence-corrected chi connectivity index (χ1v) is 5.84. The molecule has 1 aromatic rings. The monoisotopic (exact) mass is 279 g/mol. The lowest BCUT2D eigenvalue weighted by Crippen LogP contribution is -2.32. The van der Waals surface area contributed by atoms with Crippen LogP contribution in [0.2, 0.25) is 0 Å². The van der Waals surface area contributed by atoms with Gasteiger partial charge in [0.1, 0.15) is 0 Å². The molecule has 0 aliphatic heterocycles. The molecule has 0 aliphatic carbocycles. The molecular formula is C13H13NO6. The van der Waals surface area contributed by atoms with Crippen molar-refractivity contribution in [2.75, 3.05) is 6.61 Å². The number of ether oxygens (including phenoxy) is 1. The summed E-state index contributed by atoms with van der Waals surface area (Å²) in [5, 5.41) is 10.5. The number of ketones is 2. The van der Waals surface area contributed by atoms with Crippen molar-refractivity contribution in [2.45, 2.75) is 13.8 Å². The molecule has 20 heavy (non-hydrogen) atoms. The predicted octanol–water partition coefficient (Wildman–Crippen LogP) is 1.55. The molecule has 1 rings (SSSR count). The number of nitro benzene ring substituents is 1. The Hall–Kier alpha value is -2.57. The lowest BCUT2D eigenvalue weighted by molar-refractivity contribution is -0.384. The zero-order chi connectivity index (χ0) is 15.3. The summed E-state index contributed by atoms with van der Waals surface area (Å²) in [6, 6.07) is 4.68. The fourth-order valence-electron chi connectivity index (χ4n) is 1.60. The molecule has 7 heteroatoms. The van der Waals surface area contributed by atoms with E-state index in [0.717, 1.165) is 19.1 Å². The van der Waals surface area contributed by atoms with Gasteiger partial charge < -0.3 is 4.74 Å². The molecule has 0 heterocycles. The Balaban J connectivity index is 3.03. The molecule has 0 bridgehead atoms. The zero-order valence-corrected chi connectivity index (χ0v) is 11.0. The normalized spacial score (nSPS) is 11.5. The number of carbonyl (C=O) groups excluding carboxylic acids is 3. The maximum Gasteiger partial charge on any atom is 0.324 e. The predicted molar refractivity (Wildman–Crippen MR) is 68.2 cm³/mol. The van der Waals surface area contributed by atoms with Gasteiger partial charge >= 0.3 is 5.97 Å². The van der Waals surface area contributed by atoms with Gasteiger partial charge in [0.05, 0.1) is 11.5 Å². The van der Waals surface area contributed by atoms with Crippen LogP contribution in [0.3, 0.4) is 0 Å². The van der Waals surface area contributed by atoms with E-state index in [1.54, 1.807) is 6.92 Å². The molecule has 0 amide bonds. The average Bonchev–Trinajstić information content (AvgIpc) is 2.38. The molecular weight excluding hydrogens is 266 g/mol. The summed E-state index contributed by atoms with van der Waals surface area (Å²) in [7, 11) is 0. The van der Waals surface area contributed by atoms with Crippen molar-refractivity contribution in [1.82, 2.24) is 0 Å². The maximum atomic E-state index is 12.1. The van der Waals surface area contributed by atoms with Gasteiger partial charge in [-0.05, 0) is 26.0 Å². The van der Waals surface area contributed by atoms with Gasteiger partial charge in [-0.1, -0.05) is 0 Å². The summed E-state index contributed by atoms with van der Waals surface area (Å²) in [6.45, 7) is 2.73. The first-order valence-electron chi connectivity index (χ1n) is 5.84. The van der Waals surface area contributed by atoms with E-state index in [1.807, 2.05) is 0 Å². The largest absolute Gasteiger partial charge is 0.465 e. The quantitative estimate of drug-likeness (QED) is 0.257. The number of nitrogens with zero attached hydrogens (tertiary/aromatic N) is 1. The van der Waals surface area contributed by atoms with E-state index >= 15 is 0 Å². The van der Waals surface area contributed by atoms with E-state index in [1.165, 1.54) is 12.1 Å². The highest BCUT2D eigenvalue weighted by Gasteiger charge is 2.33. The molecule has 0 spiro atoms. The highest BCUT2D eigenvalue weighted by atomic mass is 16.6. The van der Waals surface area contributed by atoms with Gasteiger partial charge in [0.25, 0.3) is 5.69 Å². The number of rotatable bonds is 6. The Morgan fingerprint density at radius 3 is 2.20 bits per heavy atom. The molecule has 0 saturated carbocycles. The Labute approximate surface area is 114 Å². The molecule has 0 aliphatic rings. The second-order valence-corrected chi connectivity index (χ2v) is 3.96. The molecule has 0 fully saturated rings. The number of carbonyl (C=O) groups is 3. The maximum absolute atomic E-state index is 12.1. The summed E-state index contributed by atoms with van der Waals surface area (Å²) < 4.78 is 4.68. The lowest BCUT2D eigenvalue weighted by Gasteiger charge is -2.11. The van der Waals surface area contributed by atoms with Crippen LogP contribution in [0.5, 0.6) is 0 Å². The SMILES string of the molecule is CCOC(=O)C(C(C)=O)C(=O)c1ccc([N+](=O)[O-])cc1. The summed E-state index contributed by atoms with van der Waals surface area (Å²) in [4.78, 5) is 45.0. The third-order valence-corrected chi connectivity index (χ3v) is 2.55. The van der Waals surface area contributed by atoms with Crippen molar-refractivity contribution in [3.05, 3.63) is 39.9 Å². The molecule has 1 unspecified atom stereocenters. The molecule has 106 valence electrons. The summed E-state index contributed by atoms with van der Waals surface area (Å²) >= 11 is 0. The highest BCUT2D eigenvalue weighted by Crippen LogP contribution is 2.16. The van der Waals surface area contributed by atoms with Crippen molar-refractivity contribution in [1.29, 1.82) is 0 Å². The Kier molecular flexibility index (Phi) is 5.08. The smallest absolute Gasteiger partial charge is 0.324 e. The number of Topliss-reactive ketones (excluding diaryl/α,β-unsaturated/α-hetero) is 2. The number of hydrogen-bond donors (Lipinski definition) is 0. The van der Waals surface area contributed by atoms with Crippen LogP contribution in [0.15, 0.2) is 24.3 Å². The lowest BCUT2D eigenvalue weighted by atomic mass is 9.94. The molecule has 1 aromatic carbocycles. The average molecular weight is 279 g/mol. The van der Waals surface area contributed by atoms with Crippen molar-refractivity contribution < 1.29 is 24.0 Å². The first-order chi connectivity index (χ1) is 9.38. The van der Waals surface area contributed by atoms with Crippen LogP contribution in [0.1, 0.15) is 24.2 Å². The first kappa shape index (κ1) is 15.5. The third kappa shape index (κ3) is 3.47. The van der Waals surface area contributed by atoms with Gasteiger partial charge in [-0.15, -0.1) is 0 Å². The second-order valence-electron chi connectivity index (χ2n) is 3.96. The van der Waals surface area contributed by atoms with Crippen molar-refractivity contribution in [3.8, 4) is 0 Å². The number of non-ortho nitro benzene ring substituents is 1. The Morgan fingerprint density at radius 2 is 1.80 bits per heavy atom. The molecule has 1 atom stereocenters. The highest BCUT2D eigenvalue weighted by molar-refractivity contribution is 6.22. The summed E-state index contributed by atoms with van der Waals surface area (Å²) in [5.41, 5.74) is -0.138. The van der Waals surface area contributed by atoms with Gasteiger partial charge in [0.15, 0.2) is 17.5 Å². The van der Waals surface area contributed by atoms with E-state index in [0.29, 0.717) is 0 Å². The minimum atomic E-state index is -1.53. The van der Waals surface area contributed by atoms with E-state index in [4.69, 9.17) is 0 Å². The molecule has 0 radical (unpaired) electrons. The Morgan fingerprint density at radius 1 is 1.25 bits per heavy atom. The Bertz CT molecular complexity index is 548. The van der Waals surface area contributed by atoms with Gasteiger partial charge in [-0.2, -0.15) is 0 Å². The van der Waals surface area contributed by atoms with Crippen molar-refractivity contribution in [3.63, 3.8) is 0 Å².